The van der Waals surface area contributed by atoms with Crippen LogP contribution in [0.1, 0.15) is 12.8 Å². The second kappa shape index (κ2) is 7.98. The van der Waals surface area contributed by atoms with Gasteiger partial charge in [0.1, 0.15) is 12.4 Å². The molecule has 1 aliphatic rings. The molecule has 6 nitrogen and oxygen atoms in total. The molecule has 1 fully saturated rings. The van der Waals surface area contributed by atoms with Crippen LogP contribution in [-0.4, -0.2) is 49.3 Å². The third kappa shape index (κ3) is 3.68. The van der Waals surface area contributed by atoms with Crippen LogP contribution in [0, 0.1) is 0 Å². The second-order valence-corrected chi connectivity index (χ2v) is 9.82. The Morgan fingerprint density at radius 3 is 2.58 bits per heavy atom. The third-order valence-corrected chi connectivity index (χ3v) is 7.70. The van der Waals surface area contributed by atoms with E-state index in [1.807, 2.05) is 42.5 Å². The summed E-state index contributed by atoms with van der Waals surface area (Å²) in [6, 6.07) is 18.4. The van der Waals surface area contributed by atoms with E-state index in [4.69, 9.17) is 4.74 Å². The van der Waals surface area contributed by atoms with Gasteiger partial charge in [0.05, 0.1) is 10.4 Å². The van der Waals surface area contributed by atoms with E-state index in [1.165, 1.54) is 12.8 Å². The molecule has 0 atom stereocenters. The molecule has 31 heavy (non-hydrogen) atoms. The summed E-state index contributed by atoms with van der Waals surface area (Å²) in [6.45, 7) is 3.71. The van der Waals surface area contributed by atoms with E-state index in [1.54, 1.807) is 29.9 Å². The molecule has 2 heterocycles. The van der Waals surface area contributed by atoms with E-state index in [2.05, 4.69) is 10.00 Å². The number of hydrogen-bond acceptors (Lipinski definition) is 5. The van der Waals surface area contributed by atoms with Gasteiger partial charge in [0.15, 0.2) is 5.03 Å². The molecule has 1 aliphatic heterocycles. The lowest BCUT2D eigenvalue weighted by atomic mass is 10.1. The molecule has 7 heteroatoms. The molecule has 1 saturated heterocycles. The number of rotatable bonds is 6. The Kier molecular flexibility index (Phi) is 5.16. The van der Waals surface area contributed by atoms with Crippen LogP contribution < -0.4 is 4.74 Å². The summed E-state index contributed by atoms with van der Waals surface area (Å²) in [5, 5.41) is 6.61. The van der Waals surface area contributed by atoms with Gasteiger partial charge in [0, 0.05) is 24.4 Å². The Morgan fingerprint density at radius 1 is 0.968 bits per heavy atom. The van der Waals surface area contributed by atoms with E-state index in [-0.39, 0.29) is 9.92 Å². The number of likely N-dealkylation sites (tertiary alicyclic amines) is 1. The van der Waals surface area contributed by atoms with Crippen molar-refractivity contribution >= 4 is 31.5 Å². The monoisotopic (exact) mass is 435 g/mol. The van der Waals surface area contributed by atoms with Gasteiger partial charge in [0.2, 0.25) is 9.84 Å². The Labute approximate surface area is 182 Å². The zero-order chi connectivity index (χ0) is 21.4. The second-order valence-electron chi connectivity index (χ2n) is 7.99. The number of fused-ring (bicyclic) bond motifs is 2. The number of aryl methyl sites for hydroxylation is 1. The van der Waals surface area contributed by atoms with E-state index in [0.29, 0.717) is 23.1 Å². The molecule has 0 saturated carbocycles. The average Bonchev–Trinajstić information content (AvgIpc) is 3.41. The van der Waals surface area contributed by atoms with Crippen molar-refractivity contribution in [1.82, 2.24) is 14.7 Å². The van der Waals surface area contributed by atoms with Gasteiger partial charge in [-0.3, -0.25) is 9.58 Å². The van der Waals surface area contributed by atoms with Gasteiger partial charge in [-0.1, -0.05) is 36.4 Å². The van der Waals surface area contributed by atoms with Crippen molar-refractivity contribution in [2.75, 3.05) is 26.2 Å². The highest BCUT2D eigenvalue weighted by molar-refractivity contribution is 7.91. The first-order chi connectivity index (χ1) is 15.0. The molecule has 0 radical (unpaired) electrons. The average molecular weight is 436 g/mol. The van der Waals surface area contributed by atoms with Crippen LogP contribution in [0.3, 0.4) is 0 Å². The summed E-state index contributed by atoms with van der Waals surface area (Å²) in [7, 11) is -2.06. The zero-order valence-electron chi connectivity index (χ0n) is 17.5. The fourth-order valence-electron chi connectivity index (χ4n) is 4.33. The molecule has 1 aromatic heterocycles. The van der Waals surface area contributed by atoms with Crippen molar-refractivity contribution in [3.8, 4) is 5.75 Å². The fraction of sp³-hybridized carbons (Fsp3) is 0.292. The smallest absolute Gasteiger partial charge is 0.226 e. The molecular weight excluding hydrogens is 410 g/mol. The molecule has 0 aliphatic carbocycles. The maximum atomic E-state index is 13.7. The highest BCUT2D eigenvalue weighted by atomic mass is 32.2. The molecule has 0 amide bonds. The number of benzene rings is 3. The maximum absolute atomic E-state index is 13.7. The SMILES string of the molecule is Cn1nc(S(=O)(=O)c2cccc3ccccc23)c2cc(OCCN3CCCC3)ccc21. The minimum Gasteiger partial charge on any atom is -0.492 e. The van der Waals surface area contributed by atoms with Crippen molar-refractivity contribution < 1.29 is 13.2 Å². The first kappa shape index (κ1) is 20.0. The van der Waals surface area contributed by atoms with Gasteiger partial charge >= 0.3 is 0 Å². The van der Waals surface area contributed by atoms with Crippen molar-refractivity contribution in [2.45, 2.75) is 22.8 Å². The molecule has 3 aromatic carbocycles. The summed E-state index contributed by atoms with van der Waals surface area (Å²) in [4.78, 5) is 2.66. The van der Waals surface area contributed by atoms with Crippen molar-refractivity contribution in [3.05, 3.63) is 60.7 Å². The van der Waals surface area contributed by atoms with E-state index in [9.17, 15) is 8.42 Å². The normalized spacial score (nSPS) is 15.1. The van der Waals surface area contributed by atoms with E-state index >= 15 is 0 Å². The van der Waals surface area contributed by atoms with Gasteiger partial charge in [-0.05, 0) is 55.6 Å². The Morgan fingerprint density at radius 2 is 1.74 bits per heavy atom. The molecule has 160 valence electrons. The molecule has 0 bridgehead atoms. The Bertz CT molecular complexity index is 1350. The predicted molar refractivity (Wildman–Crippen MR) is 121 cm³/mol. The largest absolute Gasteiger partial charge is 0.492 e. The number of hydrogen-bond donors (Lipinski definition) is 0. The van der Waals surface area contributed by atoms with Gasteiger partial charge < -0.3 is 4.74 Å². The summed E-state index contributed by atoms with van der Waals surface area (Å²) >= 11 is 0. The van der Waals surface area contributed by atoms with E-state index in [0.717, 1.165) is 30.5 Å². The topological polar surface area (TPSA) is 64.4 Å². The minimum atomic E-state index is -3.82. The van der Waals surface area contributed by atoms with Gasteiger partial charge in [-0.15, -0.1) is 0 Å². The lowest BCUT2D eigenvalue weighted by Gasteiger charge is -2.15. The van der Waals surface area contributed by atoms with Crippen LogP contribution in [0.2, 0.25) is 0 Å². The van der Waals surface area contributed by atoms with Crippen LogP contribution in [0.25, 0.3) is 21.7 Å². The molecule has 0 N–H and O–H groups in total. The zero-order valence-corrected chi connectivity index (χ0v) is 18.3. The first-order valence-electron chi connectivity index (χ1n) is 10.6. The van der Waals surface area contributed by atoms with Gasteiger partial charge in [0.25, 0.3) is 0 Å². The summed E-state index contributed by atoms with van der Waals surface area (Å²) in [6.07, 6.45) is 2.49. The number of ether oxygens (including phenoxy) is 1. The summed E-state index contributed by atoms with van der Waals surface area (Å²) in [5.74, 6) is 0.661. The maximum Gasteiger partial charge on any atom is 0.226 e. The number of sulfone groups is 1. The Hall–Kier alpha value is -2.90. The molecule has 0 unspecified atom stereocenters. The predicted octanol–water partition coefficient (Wildman–Crippen LogP) is 4.03. The quantitative estimate of drug-likeness (QED) is 0.457. The minimum absolute atomic E-state index is 0.0614. The molecule has 4 aromatic rings. The standard InChI is InChI=1S/C24H25N3O3S/c1-26-22-12-11-19(30-16-15-27-13-4-5-14-27)17-21(22)24(25-26)31(28,29)23-10-6-8-18-7-2-3-9-20(18)23/h2-3,6-12,17H,4-5,13-16H2,1H3. The first-order valence-corrected chi connectivity index (χ1v) is 12.1. The number of aromatic nitrogens is 2. The van der Waals surface area contributed by atoms with Gasteiger partial charge in [-0.25, -0.2) is 8.42 Å². The van der Waals surface area contributed by atoms with Gasteiger partial charge in [-0.2, -0.15) is 5.10 Å². The van der Waals surface area contributed by atoms with Crippen LogP contribution in [0.4, 0.5) is 0 Å². The van der Waals surface area contributed by atoms with Crippen LogP contribution >= 0.6 is 0 Å². The molecule has 0 spiro atoms. The summed E-state index contributed by atoms with van der Waals surface area (Å²) in [5.41, 5.74) is 0.755. The van der Waals surface area contributed by atoms with Crippen molar-refractivity contribution in [1.29, 1.82) is 0 Å². The molecule has 5 rings (SSSR count). The lowest BCUT2D eigenvalue weighted by Crippen LogP contribution is -2.25. The summed E-state index contributed by atoms with van der Waals surface area (Å²) < 4.78 is 34.9. The fourth-order valence-corrected chi connectivity index (χ4v) is 5.96. The lowest BCUT2D eigenvalue weighted by molar-refractivity contribution is 0.238. The number of nitrogens with zero attached hydrogens (tertiary/aromatic N) is 3. The van der Waals surface area contributed by atoms with Crippen molar-refractivity contribution in [2.24, 2.45) is 7.05 Å². The third-order valence-electron chi connectivity index (χ3n) is 5.96. The van der Waals surface area contributed by atoms with Crippen LogP contribution in [-0.2, 0) is 16.9 Å². The van der Waals surface area contributed by atoms with Crippen molar-refractivity contribution in [3.63, 3.8) is 0 Å². The Balaban J connectivity index is 1.52. The highest BCUT2D eigenvalue weighted by Crippen LogP contribution is 2.33. The highest BCUT2D eigenvalue weighted by Gasteiger charge is 2.27. The molecular formula is C24H25N3O3S. The van der Waals surface area contributed by atoms with Crippen LogP contribution in [0.5, 0.6) is 5.75 Å². The van der Waals surface area contributed by atoms with E-state index < -0.39 is 9.84 Å². The van der Waals surface area contributed by atoms with Crippen LogP contribution in [0.15, 0.2) is 70.6 Å².